The fourth-order valence-corrected chi connectivity index (χ4v) is 1.76. The molecular formula is C15H18N2O4. The first kappa shape index (κ1) is 15.1. The number of amides is 1. The molecule has 0 fully saturated rings. The number of benzene rings is 1. The third-order valence-corrected chi connectivity index (χ3v) is 2.79. The van der Waals surface area contributed by atoms with E-state index in [-0.39, 0.29) is 25.0 Å². The molecule has 0 radical (unpaired) electrons. The van der Waals surface area contributed by atoms with E-state index < -0.39 is 6.09 Å². The molecule has 0 atom stereocenters. The van der Waals surface area contributed by atoms with Crippen LogP contribution >= 0.6 is 0 Å². The van der Waals surface area contributed by atoms with Crippen LogP contribution in [0.1, 0.15) is 19.4 Å². The summed E-state index contributed by atoms with van der Waals surface area (Å²) in [5.41, 5.74) is 1.45. The van der Waals surface area contributed by atoms with Crippen LogP contribution in [0.2, 0.25) is 0 Å². The summed E-state index contributed by atoms with van der Waals surface area (Å²) in [6.07, 6.45) is -0.481. The summed E-state index contributed by atoms with van der Waals surface area (Å²) in [5.74, 6) is 0. The van der Waals surface area contributed by atoms with E-state index in [4.69, 9.17) is 9.47 Å². The number of hydrogen-bond donors (Lipinski definition) is 2. The van der Waals surface area contributed by atoms with Crippen molar-refractivity contribution in [1.29, 1.82) is 0 Å². The predicted octanol–water partition coefficient (Wildman–Crippen LogP) is 2.14. The highest BCUT2D eigenvalue weighted by Crippen LogP contribution is 2.12. The fraction of sp³-hybridized carbons (Fsp3) is 0.333. The van der Waals surface area contributed by atoms with Gasteiger partial charge in [-0.15, -0.1) is 0 Å². The lowest BCUT2D eigenvalue weighted by Crippen LogP contribution is -2.28. The van der Waals surface area contributed by atoms with Crippen molar-refractivity contribution < 1.29 is 14.3 Å². The highest BCUT2D eigenvalue weighted by molar-refractivity contribution is 5.78. The number of hydrogen-bond acceptors (Lipinski definition) is 4. The topological polar surface area (TPSA) is 80.4 Å². The molecule has 2 aromatic rings. The van der Waals surface area contributed by atoms with E-state index in [2.05, 4.69) is 10.3 Å². The Kier molecular flexibility index (Phi) is 4.94. The van der Waals surface area contributed by atoms with Crippen LogP contribution < -0.4 is 10.9 Å². The number of H-pyrrole nitrogens is 1. The van der Waals surface area contributed by atoms with E-state index in [0.29, 0.717) is 0 Å². The van der Waals surface area contributed by atoms with Crippen molar-refractivity contribution in [2.24, 2.45) is 0 Å². The number of pyridine rings is 1. The van der Waals surface area contributed by atoms with Gasteiger partial charge in [0.2, 0.25) is 5.56 Å². The summed E-state index contributed by atoms with van der Waals surface area (Å²) >= 11 is 0. The Morgan fingerprint density at radius 2 is 2.10 bits per heavy atom. The lowest BCUT2D eigenvalue weighted by atomic mass is 10.1. The molecule has 112 valence electrons. The van der Waals surface area contributed by atoms with Gasteiger partial charge in [-0.05, 0) is 43.0 Å². The Morgan fingerprint density at radius 1 is 1.29 bits per heavy atom. The van der Waals surface area contributed by atoms with Gasteiger partial charge in [0.25, 0.3) is 0 Å². The van der Waals surface area contributed by atoms with Crippen molar-refractivity contribution in [3.63, 3.8) is 0 Å². The second-order valence-corrected chi connectivity index (χ2v) is 4.86. The molecule has 0 aliphatic rings. The van der Waals surface area contributed by atoms with Crippen LogP contribution in [0.3, 0.4) is 0 Å². The zero-order chi connectivity index (χ0) is 15.2. The minimum atomic E-state index is -0.530. The first-order valence-electron chi connectivity index (χ1n) is 6.69. The van der Waals surface area contributed by atoms with Gasteiger partial charge in [0.05, 0.1) is 6.10 Å². The first-order valence-corrected chi connectivity index (χ1v) is 6.69. The summed E-state index contributed by atoms with van der Waals surface area (Å²) in [4.78, 5) is 25.4. The summed E-state index contributed by atoms with van der Waals surface area (Å²) in [5, 5.41) is 3.39. The molecule has 0 saturated heterocycles. The number of alkyl carbamates (subject to hydrolysis) is 1. The van der Waals surface area contributed by atoms with E-state index in [1.807, 2.05) is 19.9 Å². The van der Waals surface area contributed by atoms with Gasteiger partial charge in [-0.25, -0.2) is 4.79 Å². The van der Waals surface area contributed by atoms with Gasteiger partial charge < -0.3 is 14.5 Å². The van der Waals surface area contributed by atoms with Gasteiger partial charge in [-0.3, -0.25) is 10.1 Å². The van der Waals surface area contributed by atoms with Crippen molar-refractivity contribution >= 4 is 17.0 Å². The molecule has 0 saturated carbocycles. The maximum absolute atomic E-state index is 11.4. The Hall–Kier alpha value is -2.34. The molecule has 1 aromatic carbocycles. The Labute approximate surface area is 122 Å². The van der Waals surface area contributed by atoms with Crippen LogP contribution in [0.5, 0.6) is 0 Å². The molecule has 1 aromatic heterocycles. The van der Waals surface area contributed by atoms with Crippen LogP contribution in [-0.4, -0.2) is 23.9 Å². The second-order valence-electron chi connectivity index (χ2n) is 4.86. The van der Waals surface area contributed by atoms with Gasteiger partial charge >= 0.3 is 6.09 Å². The molecule has 0 aliphatic carbocycles. The molecule has 6 heteroatoms. The monoisotopic (exact) mass is 290 g/mol. The molecule has 2 rings (SSSR count). The number of fused-ring (bicyclic) bond motifs is 1. The van der Waals surface area contributed by atoms with Gasteiger partial charge in [-0.1, -0.05) is 6.07 Å². The maximum atomic E-state index is 11.4. The third-order valence-electron chi connectivity index (χ3n) is 2.79. The van der Waals surface area contributed by atoms with Crippen molar-refractivity contribution in [2.45, 2.75) is 26.6 Å². The molecule has 1 amide bonds. The smallest absolute Gasteiger partial charge is 0.409 e. The number of aromatic amines is 1. The number of aromatic nitrogens is 1. The summed E-state index contributed by atoms with van der Waals surface area (Å²) in [6, 6.07) is 8.64. The number of ether oxygens (including phenoxy) is 2. The highest BCUT2D eigenvalue weighted by atomic mass is 16.6. The van der Waals surface area contributed by atoms with E-state index in [1.165, 1.54) is 6.07 Å². The van der Waals surface area contributed by atoms with Crippen molar-refractivity contribution in [1.82, 2.24) is 10.3 Å². The number of carbonyl (C=O) groups is 1. The van der Waals surface area contributed by atoms with Crippen LogP contribution in [0.25, 0.3) is 10.9 Å². The zero-order valence-corrected chi connectivity index (χ0v) is 12.0. The van der Waals surface area contributed by atoms with Crippen LogP contribution in [0, 0.1) is 0 Å². The molecule has 1 heterocycles. The minimum absolute atomic E-state index is 0.0490. The summed E-state index contributed by atoms with van der Waals surface area (Å²) in [7, 11) is 0. The van der Waals surface area contributed by atoms with E-state index >= 15 is 0 Å². The van der Waals surface area contributed by atoms with E-state index in [0.717, 1.165) is 16.5 Å². The molecule has 6 nitrogen and oxygen atoms in total. The van der Waals surface area contributed by atoms with Crippen LogP contribution in [0.15, 0.2) is 35.1 Å². The minimum Gasteiger partial charge on any atom is -0.445 e. The van der Waals surface area contributed by atoms with E-state index in [9.17, 15) is 9.59 Å². The quantitative estimate of drug-likeness (QED) is 0.827. The van der Waals surface area contributed by atoms with E-state index in [1.54, 1.807) is 18.2 Å². The first-order chi connectivity index (χ1) is 10.0. The lowest BCUT2D eigenvalue weighted by molar-refractivity contribution is 0.0568. The average molecular weight is 290 g/mol. The molecular weight excluding hydrogens is 272 g/mol. The van der Waals surface area contributed by atoms with Crippen molar-refractivity contribution in [2.75, 3.05) is 6.73 Å². The maximum Gasteiger partial charge on any atom is 0.409 e. The molecule has 0 unspecified atom stereocenters. The Balaban J connectivity index is 1.90. The van der Waals surface area contributed by atoms with Gasteiger partial charge in [0.1, 0.15) is 13.3 Å². The average Bonchev–Trinajstić information content (AvgIpc) is 2.44. The number of carbonyl (C=O) groups excluding carboxylic acids is 1. The SMILES string of the molecule is CC(C)OCNC(=O)OCc1ccc2[nH]c(=O)ccc2c1. The molecule has 0 aliphatic heterocycles. The number of rotatable bonds is 5. The fourth-order valence-electron chi connectivity index (χ4n) is 1.76. The highest BCUT2D eigenvalue weighted by Gasteiger charge is 2.04. The second kappa shape index (κ2) is 6.90. The van der Waals surface area contributed by atoms with Crippen molar-refractivity contribution in [3.8, 4) is 0 Å². The summed E-state index contributed by atoms with van der Waals surface area (Å²) in [6.45, 7) is 4.04. The third kappa shape index (κ3) is 4.61. The van der Waals surface area contributed by atoms with Gasteiger partial charge in [-0.2, -0.15) is 0 Å². The van der Waals surface area contributed by atoms with Crippen LogP contribution in [-0.2, 0) is 16.1 Å². The number of nitrogens with one attached hydrogen (secondary N) is 2. The zero-order valence-electron chi connectivity index (χ0n) is 12.0. The predicted molar refractivity (Wildman–Crippen MR) is 79.0 cm³/mol. The molecule has 2 N–H and O–H groups in total. The van der Waals surface area contributed by atoms with Gasteiger partial charge in [0, 0.05) is 11.6 Å². The summed E-state index contributed by atoms with van der Waals surface area (Å²) < 4.78 is 10.3. The Morgan fingerprint density at radius 3 is 2.86 bits per heavy atom. The van der Waals surface area contributed by atoms with Crippen LogP contribution in [0.4, 0.5) is 4.79 Å². The lowest BCUT2D eigenvalue weighted by Gasteiger charge is -2.10. The molecule has 21 heavy (non-hydrogen) atoms. The largest absolute Gasteiger partial charge is 0.445 e. The molecule has 0 bridgehead atoms. The normalized spacial score (nSPS) is 10.8. The Bertz CT molecular complexity index is 679. The standard InChI is InChI=1S/C15H18N2O4/c1-10(2)21-9-16-15(19)20-8-11-3-5-13-12(7-11)4-6-14(18)17-13/h3-7,10H,8-9H2,1-2H3,(H,16,19)(H,17,18). The van der Waals surface area contributed by atoms with Crippen molar-refractivity contribution in [3.05, 3.63) is 46.2 Å². The van der Waals surface area contributed by atoms with Gasteiger partial charge in [0.15, 0.2) is 0 Å². The molecule has 0 spiro atoms.